The molecule has 0 saturated carbocycles. The predicted octanol–water partition coefficient (Wildman–Crippen LogP) is 2.28. The van der Waals surface area contributed by atoms with E-state index < -0.39 is 49.3 Å². The van der Waals surface area contributed by atoms with Crippen molar-refractivity contribution in [2.75, 3.05) is 103 Å². The van der Waals surface area contributed by atoms with Crippen LogP contribution in [0.4, 0.5) is 0 Å². The maximum atomic E-state index is 11.7. The average molecular weight is 807 g/mol. The Labute approximate surface area is 331 Å². The van der Waals surface area contributed by atoms with E-state index in [0.29, 0.717) is 26.2 Å². The largest absolute Gasteiger partial charge is 0.480 e. The van der Waals surface area contributed by atoms with Crippen LogP contribution in [0.15, 0.2) is 0 Å². The van der Waals surface area contributed by atoms with Crippen molar-refractivity contribution >= 4 is 33.5 Å². The first-order chi connectivity index (χ1) is 26.1. The fourth-order valence-electron chi connectivity index (χ4n) is 6.80. The molecular weight excluding hydrogens is 737 g/mol. The maximum Gasteiger partial charge on any atom is 0.317 e. The highest BCUT2D eigenvalue weighted by Crippen LogP contribution is 2.24. The van der Waals surface area contributed by atoms with Gasteiger partial charge in [0.05, 0.1) is 19.7 Å². The monoisotopic (exact) mass is 806 g/mol. The molecule has 2 fully saturated rings. The highest BCUT2D eigenvalue weighted by atomic mass is 33.1. The molecule has 54 heavy (non-hydrogen) atoms. The summed E-state index contributed by atoms with van der Waals surface area (Å²) in [7, 11) is 3.75. The van der Waals surface area contributed by atoms with Crippen molar-refractivity contribution in [2.24, 2.45) is 0 Å². The third-order valence-corrected chi connectivity index (χ3v) is 12.5. The Bertz CT molecular complexity index is 1030. The van der Waals surface area contributed by atoms with Crippen molar-refractivity contribution in [3.05, 3.63) is 0 Å². The van der Waals surface area contributed by atoms with Crippen molar-refractivity contribution in [1.29, 1.82) is 0 Å². The summed E-state index contributed by atoms with van der Waals surface area (Å²) in [5, 5.41) is 58.4. The Morgan fingerprint density at radius 1 is 0.648 bits per heavy atom. The molecule has 2 aliphatic heterocycles. The number of carboxylic acids is 2. The van der Waals surface area contributed by atoms with Gasteiger partial charge in [0, 0.05) is 63.8 Å². The molecule has 6 N–H and O–H groups in total. The first kappa shape index (κ1) is 48.9. The van der Waals surface area contributed by atoms with Gasteiger partial charge in [-0.1, -0.05) is 60.1 Å². The lowest BCUT2D eigenvalue weighted by Crippen LogP contribution is -2.59. The van der Waals surface area contributed by atoms with E-state index >= 15 is 0 Å². The zero-order valence-electron chi connectivity index (χ0n) is 32.4. The van der Waals surface area contributed by atoms with Crippen LogP contribution in [0.5, 0.6) is 0 Å². The fraction of sp³-hybridized carbons (Fsp3) is 0.895. The Morgan fingerprint density at radius 2 is 1.13 bits per heavy atom. The minimum absolute atomic E-state index is 0.0354. The SMILES string of the molecule is C#CCCCSSCCCN1CCCN(CC(=O)O)CCN(CCCCCCCCCCO[C@@H]2OC(CO)[C@@H](O)C(O)C2O)CCCN(CC(=O)O)CC1. The van der Waals surface area contributed by atoms with Gasteiger partial charge in [-0.25, -0.2) is 0 Å². The molecule has 16 heteroatoms. The first-order valence-corrected chi connectivity index (χ1v) is 22.6. The summed E-state index contributed by atoms with van der Waals surface area (Å²) in [6.45, 7) is 7.94. The van der Waals surface area contributed by atoms with Gasteiger partial charge in [-0.05, 0) is 64.7 Å². The second-order valence-electron chi connectivity index (χ2n) is 14.4. The van der Waals surface area contributed by atoms with Crippen LogP contribution in [0.1, 0.15) is 83.5 Å². The molecule has 2 saturated heterocycles. The smallest absolute Gasteiger partial charge is 0.317 e. The molecule has 2 aliphatic rings. The number of carboxylic acid groups (broad SMARTS) is 2. The normalized spacial score (nSPS) is 24.9. The molecule has 0 spiro atoms. The summed E-state index contributed by atoms with van der Waals surface area (Å²) < 4.78 is 11.0. The van der Waals surface area contributed by atoms with Gasteiger partial charge in [-0.2, -0.15) is 0 Å². The third-order valence-electron chi connectivity index (χ3n) is 9.91. The minimum Gasteiger partial charge on any atom is -0.480 e. The number of rotatable bonds is 25. The summed E-state index contributed by atoms with van der Waals surface area (Å²) >= 11 is 0. The van der Waals surface area contributed by atoms with Gasteiger partial charge < -0.3 is 49.9 Å². The van der Waals surface area contributed by atoms with Gasteiger partial charge >= 0.3 is 11.9 Å². The minimum atomic E-state index is -1.43. The van der Waals surface area contributed by atoms with Crippen LogP contribution in [0.3, 0.4) is 0 Å². The summed E-state index contributed by atoms with van der Waals surface area (Å²) in [4.78, 5) is 32.4. The first-order valence-electron chi connectivity index (χ1n) is 20.1. The fourth-order valence-corrected chi connectivity index (χ4v) is 8.95. The number of hydrogen-bond donors (Lipinski definition) is 6. The van der Waals surface area contributed by atoms with Gasteiger partial charge in [0.2, 0.25) is 0 Å². The molecule has 14 nitrogen and oxygen atoms in total. The van der Waals surface area contributed by atoms with E-state index in [9.17, 15) is 40.2 Å². The predicted molar refractivity (Wildman–Crippen MR) is 215 cm³/mol. The molecule has 0 aromatic carbocycles. The second kappa shape index (κ2) is 30.9. The van der Waals surface area contributed by atoms with E-state index in [1.165, 1.54) is 0 Å². The van der Waals surface area contributed by atoms with Crippen molar-refractivity contribution in [2.45, 2.75) is 114 Å². The maximum absolute atomic E-state index is 11.7. The van der Waals surface area contributed by atoms with Gasteiger partial charge in [0.15, 0.2) is 6.29 Å². The molecule has 0 aromatic rings. The van der Waals surface area contributed by atoms with Crippen LogP contribution in [-0.2, 0) is 19.1 Å². The molecule has 314 valence electrons. The van der Waals surface area contributed by atoms with Gasteiger partial charge in [-0.15, -0.1) is 12.3 Å². The van der Waals surface area contributed by atoms with E-state index in [-0.39, 0.29) is 13.1 Å². The Morgan fingerprint density at radius 3 is 1.67 bits per heavy atom. The molecule has 5 atom stereocenters. The van der Waals surface area contributed by atoms with E-state index in [1.54, 1.807) is 0 Å². The lowest BCUT2D eigenvalue weighted by molar-refractivity contribution is -0.301. The highest BCUT2D eigenvalue weighted by Gasteiger charge is 2.43. The Balaban J connectivity index is 1.73. The van der Waals surface area contributed by atoms with Crippen LogP contribution < -0.4 is 0 Å². The van der Waals surface area contributed by atoms with Gasteiger partial charge in [0.25, 0.3) is 0 Å². The zero-order chi connectivity index (χ0) is 39.4. The van der Waals surface area contributed by atoms with Crippen LogP contribution in [0, 0.1) is 12.3 Å². The quantitative estimate of drug-likeness (QED) is 0.0448. The molecule has 2 heterocycles. The van der Waals surface area contributed by atoms with Crippen molar-refractivity contribution in [1.82, 2.24) is 19.6 Å². The second-order valence-corrected chi connectivity index (χ2v) is 17.1. The number of nitrogens with zero attached hydrogens (tertiary/aromatic N) is 4. The summed E-state index contributed by atoms with van der Waals surface area (Å²) in [6.07, 6.45) is 12.1. The van der Waals surface area contributed by atoms with Crippen molar-refractivity contribution < 1.29 is 49.7 Å². The Kier molecular flexibility index (Phi) is 28.0. The lowest BCUT2D eigenvalue weighted by atomic mass is 9.99. The number of aliphatic hydroxyl groups excluding tert-OH is 4. The number of terminal acetylenes is 1. The van der Waals surface area contributed by atoms with Crippen molar-refractivity contribution in [3.63, 3.8) is 0 Å². The van der Waals surface area contributed by atoms with Gasteiger partial charge in [-0.3, -0.25) is 19.4 Å². The van der Waals surface area contributed by atoms with Crippen LogP contribution in [-0.4, -0.2) is 196 Å². The summed E-state index contributed by atoms with van der Waals surface area (Å²) in [6, 6.07) is 0. The molecule has 0 aromatic heterocycles. The van der Waals surface area contributed by atoms with E-state index in [0.717, 1.165) is 141 Å². The van der Waals surface area contributed by atoms with E-state index in [2.05, 4.69) is 25.5 Å². The number of carbonyl (C=O) groups is 2. The average Bonchev–Trinajstić information content (AvgIpc) is 3.14. The standard InChI is InChI=1S/C38H70N4O10S2/c1-2-3-12-27-53-54-28-15-21-40-18-14-20-41(29-33(44)45)24-22-39(17-13-19-42(25-23-40)30-34(46)47)16-10-8-6-4-5-7-9-11-26-51-38-37(50)36(49)35(48)32(31-43)52-38/h1,32,35-38,43,48-50H,3-31H2,(H,44,45)(H,46,47)/t32?,35-,36?,37?,38-/m1/s1. The molecular formula is C38H70N4O10S2. The molecule has 0 aliphatic carbocycles. The number of unbranched alkanes of at least 4 members (excludes halogenated alkanes) is 8. The number of aliphatic hydroxyl groups is 4. The van der Waals surface area contributed by atoms with Crippen LogP contribution in [0.25, 0.3) is 0 Å². The summed E-state index contributed by atoms with van der Waals surface area (Å²) in [5.74, 6) is 3.18. The Hall–Kier alpha value is -1.20. The van der Waals surface area contributed by atoms with Gasteiger partial charge in [0.1, 0.15) is 24.4 Å². The third kappa shape index (κ3) is 22.5. The molecule has 2 rings (SSSR count). The van der Waals surface area contributed by atoms with Crippen LogP contribution >= 0.6 is 21.6 Å². The summed E-state index contributed by atoms with van der Waals surface area (Å²) in [5.41, 5.74) is 0. The highest BCUT2D eigenvalue weighted by molar-refractivity contribution is 8.76. The lowest BCUT2D eigenvalue weighted by Gasteiger charge is -2.39. The van der Waals surface area contributed by atoms with Crippen molar-refractivity contribution in [3.8, 4) is 12.3 Å². The zero-order valence-corrected chi connectivity index (χ0v) is 34.0. The number of aliphatic carboxylic acids is 2. The molecule has 3 unspecified atom stereocenters. The molecule has 0 amide bonds. The van der Waals surface area contributed by atoms with E-state index in [1.807, 2.05) is 21.6 Å². The molecule has 0 bridgehead atoms. The number of hydrogen-bond acceptors (Lipinski definition) is 14. The number of ether oxygens (including phenoxy) is 2. The van der Waals surface area contributed by atoms with Crippen LogP contribution in [0.2, 0.25) is 0 Å². The molecule has 0 radical (unpaired) electrons. The topological polar surface area (TPSA) is 187 Å². The van der Waals surface area contributed by atoms with E-state index in [4.69, 9.17) is 15.9 Å².